The molecule has 1 aromatic heterocycles. The Bertz CT molecular complexity index is 318. The number of nitrogens with zero attached hydrogens (tertiary/aromatic N) is 5. The highest BCUT2D eigenvalue weighted by Crippen LogP contribution is 2.20. The molecule has 0 atom stereocenters. The third-order valence-corrected chi connectivity index (χ3v) is 2.13. The number of tetrazole rings is 1. The predicted octanol–water partition coefficient (Wildman–Crippen LogP) is 1.04. The van der Waals surface area contributed by atoms with Gasteiger partial charge in [0.2, 0.25) is 5.16 Å². The van der Waals surface area contributed by atoms with Crippen molar-refractivity contribution in [1.82, 2.24) is 20.2 Å². The first kappa shape index (κ1) is 9.99. The van der Waals surface area contributed by atoms with Gasteiger partial charge in [0.1, 0.15) is 0 Å². The second-order valence-corrected chi connectivity index (χ2v) is 4.43. The van der Waals surface area contributed by atoms with Crippen LogP contribution < -0.4 is 0 Å². The highest BCUT2D eigenvalue weighted by molar-refractivity contribution is 7.99. The summed E-state index contributed by atoms with van der Waals surface area (Å²) in [5.74, 6) is 0.371. The van der Waals surface area contributed by atoms with Gasteiger partial charge in [-0.05, 0) is 31.2 Å². The van der Waals surface area contributed by atoms with E-state index in [2.05, 4.69) is 15.5 Å². The number of thioether (sulfide) groups is 1. The van der Waals surface area contributed by atoms with E-state index >= 15 is 0 Å². The van der Waals surface area contributed by atoms with Crippen molar-refractivity contribution in [2.24, 2.45) is 0 Å². The summed E-state index contributed by atoms with van der Waals surface area (Å²) in [5.41, 5.74) is -0.138. The summed E-state index contributed by atoms with van der Waals surface area (Å²) in [4.78, 5) is 0. The molecule has 0 aliphatic rings. The van der Waals surface area contributed by atoms with Crippen molar-refractivity contribution in [2.45, 2.75) is 31.5 Å². The van der Waals surface area contributed by atoms with E-state index in [0.29, 0.717) is 10.9 Å². The fraction of sp³-hybridized carbons (Fsp3) is 0.714. The third-order valence-electron chi connectivity index (χ3n) is 1.34. The zero-order chi connectivity index (χ0) is 9.90. The molecule has 0 saturated carbocycles. The van der Waals surface area contributed by atoms with Crippen LogP contribution in [0.3, 0.4) is 0 Å². The lowest BCUT2D eigenvalue weighted by Gasteiger charge is -2.18. The number of nitriles is 1. The van der Waals surface area contributed by atoms with Gasteiger partial charge in [-0.2, -0.15) is 5.26 Å². The number of rotatable bonds is 2. The molecule has 0 spiro atoms. The summed E-state index contributed by atoms with van der Waals surface area (Å²) in [6.45, 7) is 6.04. The standard InChI is InChI=1S/C7H11N5S/c1-7(2,3)12-6(9-10-11-12)13-5-4-8/h5H2,1-3H3. The van der Waals surface area contributed by atoms with Gasteiger partial charge in [-0.25, -0.2) is 4.68 Å². The van der Waals surface area contributed by atoms with Crippen LogP contribution >= 0.6 is 11.8 Å². The van der Waals surface area contributed by atoms with Crippen LogP contribution in [0.15, 0.2) is 5.16 Å². The SMILES string of the molecule is CC(C)(C)n1nnnc1SCC#N. The molecule has 0 amide bonds. The van der Waals surface area contributed by atoms with Gasteiger partial charge in [0, 0.05) is 0 Å². The molecule has 70 valence electrons. The average Bonchev–Trinajstić information content (AvgIpc) is 2.47. The Kier molecular flexibility index (Phi) is 2.88. The molecule has 0 radical (unpaired) electrons. The molecule has 0 unspecified atom stereocenters. The van der Waals surface area contributed by atoms with Crippen LogP contribution in [0, 0.1) is 11.3 Å². The van der Waals surface area contributed by atoms with Gasteiger partial charge in [0.15, 0.2) is 0 Å². The zero-order valence-corrected chi connectivity index (χ0v) is 8.67. The van der Waals surface area contributed by atoms with Gasteiger partial charge >= 0.3 is 0 Å². The molecule has 1 rings (SSSR count). The van der Waals surface area contributed by atoms with E-state index in [9.17, 15) is 0 Å². The van der Waals surface area contributed by atoms with Crippen molar-refractivity contribution in [3.05, 3.63) is 0 Å². The first-order chi connectivity index (χ1) is 6.05. The second kappa shape index (κ2) is 3.75. The normalized spacial score (nSPS) is 11.2. The minimum Gasteiger partial charge on any atom is -0.215 e. The maximum absolute atomic E-state index is 8.41. The van der Waals surface area contributed by atoms with E-state index < -0.39 is 0 Å². The van der Waals surface area contributed by atoms with Gasteiger partial charge in [0.05, 0.1) is 17.4 Å². The average molecular weight is 197 g/mol. The lowest BCUT2D eigenvalue weighted by Crippen LogP contribution is -2.24. The largest absolute Gasteiger partial charge is 0.215 e. The fourth-order valence-corrected chi connectivity index (χ4v) is 1.51. The number of hydrogen-bond acceptors (Lipinski definition) is 5. The Hall–Kier alpha value is -1.09. The molecule has 0 aromatic carbocycles. The highest BCUT2D eigenvalue weighted by atomic mass is 32.2. The molecule has 0 fully saturated rings. The predicted molar refractivity (Wildman–Crippen MR) is 49.2 cm³/mol. The molecular weight excluding hydrogens is 186 g/mol. The molecule has 0 N–H and O–H groups in total. The minimum atomic E-state index is -0.138. The Balaban J connectivity index is 2.85. The fourth-order valence-electron chi connectivity index (χ4n) is 0.787. The molecule has 5 nitrogen and oxygen atoms in total. The van der Waals surface area contributed by atoms with Crippen LogP contribution in [-0.4, -0.2) is 26.0 Å². The Morgan fingerprint density at radius 1 is 1.54 bits per heavy atom. The van der Waals surface area contributed by atoms with E-state index in [4.69, 9.17) is 5.26 Å². The summed E-state index contributed by atoms with van der Waals surface area (Å²) in [7, 11) is 0. The van der Waals surface area contributed by atoms with E-state index in [1.165, 1.54) is 11.8 Å². The van der Waals surface area contributed by atoms with Gasteiger partial charge in [-0.1, -0.05) is 11.8 Å². The van der Waals surface area contributed by atoms with Crippen molar-refractivity contribution in [3.8, 4) is 6.07 Å². The summed E-state index contributed by atoms with van der Waals surface area (Å²) < 4.78 is 1.72. The summed E-state index contributed by atoms with van der Waals surface area (Å²) in [6.07, 6.45) is 0. The van der Waals surface area contributed by atoms with Crippen molar-refractivity contribution in [1.29, 1.82) is 5.26 Å². The summed E-state index contributed by atoms with van der Waals surface area (Å²) in [6, 6.07) is 2.04. The van der Waals surface area contributed by atoms with Gasteiger partial charge < -0.3 is 0 Å². The minimum absolute atomic E-state index is 0.138. The Labute approximate surface area is 81.1 Å². The molecule has 0 aliphatic carbocycles. The highest BCUT2D eigenvalue weighted by Gasteiger charge is 2.19. The molecule has 1 aromatic rings. The maximum Gasteiger partial charge on any atom is 0.210 e. The second-order valence-electron chi connectivity index (χ2n) is 3.49. The monoisotopic (exact) mass is 197 g/mol. The van der Waals surface area contributed by atoms with Crippen molar-refractivity contribution in [2.75, 3.05) is 5.75 Å². The third kappa shape index (κ3) is 2.42. The zero-order valence-electron chi connectivity index (χ0n) is 7.85. The van der Waals surface area contributed by atoms with Crippen molar-refractivity contribution in [3.63, 3.8) is 0 Å². The summed E-state index contributed by atoms with van der Waals surface area (Å²) in [5, 5.41) is 20.4. The summed E-state index contributed by atoms with van der Waals surface area (Å²) >= 11 is 1.35. The van der Waals surface area contributed by atoms with E-state index in [1.54, 1.807) is 4.68 Å². The first-order valence-corrected chi connectivity index (χ1v) is 4.83. The first-order valence-electron chi connectivity index (χ1n) is 3.84. The lowest BCUT2D eigenvalue weighted by atomic mass is 10.1. The topological polar surface area (TPSA) is 67.4 Å². The van der Waals surface area contributed by atoms with Crippen molar-refractivity contribution < 1.29 is 0 Å². The van der Waals surface area contributed by atoms with Crippen LogP contribution in [0.2, 0.25) is 0 Å². The van der Waals surface area contributed by atoms with Crippen LogP contribution in [0.25, 0.3) is 0 Å². The van der Waals surface area contributed by atoms with E-state index in [-0.39, 0.29) is 5.54 Å². The van der Waals surface area contributed by atoms with Crippen molar-refractivity contribution >= 4 is 11.8 Å². The number of hydrogen-bond donors (Lipinski definition) is 0. The van der Waals surface area contributed by atoms with Crippen LogP contribution in [-0.2, 0) is 5.54 Å². The van der Waals surface area contributed by atoms with E-state index in [0.717, 1.165) is 0 Å². The van der Waals surface area contributed by atoms with Gasteiger partial charge in [-0.15, -0.1) is 5.10 Å². The van der Waals surface area contributed by atoms with Crippen LogP contribution in [0.5, 0.6) is 0 Å². The maximum atomic E-state index is 8.41. The molecule has 0 bridgehead atoms. The van der Waals surface area contributed by atoms with Gasteiger partial charge in [-0.3, -0.25) is 0 Å². The smallest absolute Gasteiger partial charge is 0.210 e. The molecule has 6 heteroatoms. The molecule has 13 heavy (non-hydrogen) atoms. The molecular formula is C7H11N5S. The van der Waals surface area contributed by atoms with Crippen LogP contribution in [0.1, 0.15) is 20.8 Å². The van der Waals surface area contributed by atoms with Gasteiger partial charge in [0.25, 0.3) is 0 Å². The number of aromatic nitrogens is 4. The quantitative estimate of drug-likeness (QED) is 0.663. The van der Waals surface area contributed by atoms with E-state index in [1.807, 2.05) is 26.8 Å². The Morgan fingerprint density at radius 3 is 2.77 bits per heavy atom. The molecule has 0 saturated heterocycles. The van der Waals surface area contributed by atoms with Crippen LogP contribution in [0.4, 0.5) is 0 Å². The lowest BCUT2D eigenvalue weighted by molar-refractivity contribution is 0.321. The molecule has 1 heterocycles. The Morgan fingerprint density at radius 2 is 2.23 bits per heavy atom. The molecule has 0 aliphatic heterocycles.